The lowest BCUT2D eigenvalue weighted by atomic mass is 9.75. The third-order valence-electron chi connectivity index (χ3n) is 14.4. The van der Waals surface area contributed by atoms with E-state index < -0.39 is 6.09 Å². The number of piperidine rings is 4. The first kappa shape index (κ1) is 47.0. The molecule has 0 radical (unpaired) electrons. The molecule has 4 saturated heterocycles. The zero-order valence-electron chi connectivity index (χ0n) is 38.9. The first-order valence-electron chi connectivity index (χ1n) is 23.9. The van der Waals surface area contributed by atoms with Gasteiger partial charge in [0.05, 0.1) is 11.2 Å². The molecule has 0 spiro atoms. The van der Waals surface area contributed by atoms with E-state index in [0.717, 1.165) is 120 Å². The van der Waals surface area contributed by atoms with Crippen molar-refractivity contribution in [3.63, 3.8) is 0 Å². The van der Waals surface area contributed by atoms with E-state index >= 15 is 0 Å². The number of hydrogen-bond acceptors (Lipinski definition) is 8. The Morgan fingerprint density at radius 2 is 1.41 bits per heavy atom. The standard InChI is InChI=1S/C33H46N4O3.C18H27N3O3/c1-33(2,3)30-23-26(15-21-36(30)31(38)34-18-9-8-12-24-10-6-5-7-11-24)25-13-14-28-29(22-25)40-32(39)37(28)27-16-19-35(4)20-17-27;1-20-8-6-15(7-9-20)19-16-3-2-14(12-17(16)22)13-4-10-21(11-5-13)18(23)24/h5-7,10-11,13-14,22,26-27,30H,8-9,12,15-21,23H2,1-4H3,(H,34,38);2-3,12-13,15,19,22H,4-11H2,1H3,(H,23,24). The maximum Gasteiger partial charge on any atom is 0.420 e. The van der Waals surface area contributed by atoms with E-state index in [0.29, 0.717) is 48.8 Å². The van der Waals surface area contributed by atoms with Crippen molar-refractivity contribution in [3.8, 4) is 5.75 Å². The SMILES string of the molecule is CN1CCC(Nc2ccc(C3CCN(C(=O)O)CC3)cc2O)CC1.CN1CCC(n2c(=O)oc3cc(C4CCN(C(=O)NCCCCc5ccccc5)C(C(C)(C)C)C4)ccc32)CC1. The molecule has 2 atom stereocenters. The maximum atomic E-state index is 13.3. The number of aromatic hydroxyl groups is 1. The number of benzene rings is 3. The van der Waals surface area contributed by atoms with Gasteiger partial charge in [0, 0.05) is 44.3 Å². The second-order valence-corrected chi connectivity index (χ2v) is 20.0. The van der Waals surface area contributed by atoms with Crippen molar-refractivity contribution in [1.29, 1.82) is 0 Å². The molecular formula is C51H73N7O6. The van der Waals surface area contributed by atoms with Gasteiger partial charge in [-0.2, -0.15) is 0 Å². The average molecular weight is 880 g/mol. The highest BCUT2D eigenvalue weighted by molar-refractivity contribution is 5.75. The lowest BCUT2D eigenvalue weighted by Gasteiger charge is -2.46. The predicted molar refractivity (Wildman–Crippen MR) is 255 cm³/mol. The van der Waals surface area contributed by atoms with Gasteiger partial charge in [0.2, 0.25) is 0 Å². The molecule has 4 aliphatic rings. The van der Waals surface area contributed by atoms with Gasteiger partial charge in [-0.25, -0.2) is 14.4 Å². The summed E-state index contributed by atoms with van der Waals surface area (Å²) < 4.78 is 7.65. The minimum Gasteiger partial charge on any atom is -0.506 e. The lowest BCUT2D eigenvalue weighted by molar-refractivity contribution is 0.0788. The fourth-order valence-electron chi connectivity index (χ4n) is 10.3. The molecule has 5 heterocycles. The van der Waals surface area contributed by atoms with Crippen molar-refractivity contribution in [1.82, 2.24) is 29.5 Å². The Morgan fingerprint density at radius 3 is 2.06 bits per heavy atom. The Morgan fingerprint density at radius 1 is 0.766 bits per heavy atom. The van der Waals surface area contributed by atoms with Crippen LogP contribution in [0.5, 0.6) is 5.75 Å². The van der Waals surface area contributed by atoms with E-state index in [-0.39, 0.29) is 29.3 Å². The third-order valence-corrected chi connectivity index (χ3v) is 14.4. The van der Waals surface area contributed by atoms with E-state index in [2.05, 4.69) is 109 Å². The Kier molecular flexibility index (Phi) is 15.6. The van der Waals surface area contributed by atoms with E-state index in [1.165, 1.54) is 16.0 Å². The first-order valence-corrected chi connectivity index (χ1v) is 23.9. The van der Waals surface area contributed by atoms with E-state index in [1.54, 1.807) is 0 Å². The van der Waals surface area contributed by atoms with E-state index in [4.69, 9.17) is 9.52 Å². The molecule has 4 aliphatic heterocycles. The quantitative estimate of drug-likeness (QED) is 0.0906. The summed E-state index contributed by atoms with van der Waals surface area (Å²) in [7, 11) is 4.27. The Labute approximate surface area is 379 Å². The van der Waals surface area contributed by atoms with Crippen LogP contribution in [0.1, 0.15) is 120 Å². The number of likely N-dealkylation sites (tertiary alicyclic amines) is 4. The van der Waals surface area contributed by atoms with Crippen LogP contribution < -0.4 is 16.4 Å². The van der Waals surface area contributed by atoms with Crippen LogP contribution in [0.15, 0.2) is 75.9 Å². The summed E-state index contributed by atoms with van der Waals surface area (Å²) in [5, 5.41) is 26.0. The highest BCUT2D eigenvalue weighted by atomic mass is 16.4. The monoisotopic (exact) mass is 880 g/mol. The van der Waals surface area contributed by atoms with Crippen LogP contribution in [0.3, 0.4) is 0 Å². The minimum atomic E-state index is -0.839. The molecule has 348 valence electrons. The summed E-state index contributed by atoms with van der Waals surface area (Å²) in [5.41, 5.74) is 6.00. The van der Waals surface area contributed by atoms with Crippen LogP contribution >= 0.6 is 0 Å². The van der Waals surface area contributed by atoms with Crippen LogP contribution in [0.2, 0.25) is 0 Å². The first-order chi connectivity index (χ1) is 30.7. The van der Waals surface area contributed by atoms with E-state index in [1.807, 2.05) is 22.8 Å². The van der Waals surface area contributed by atoms with Crippen LogP contribution in [-0.4, -0.2) is 125 Å². The predicted octanol–water partition coefficient (Wildman–Crippen LogP) is 8.94. The summed E-state index contributed by atoms with van der Waals surface area (Å²) in [5.74, 6) is 0.695. The third kappa shape index (κ3) is 12.0. The Bertz CT molecular complexity index is 2190. The smallest absolute Gasteiger partial charge is 0.420 e. The van der Waals surface area contributed by atoms with Crippen LogP contribution in [0.25, 0.3) is 11.1 Å². The number of amides is 3. The molecule has 8 rings (SSSR count). The van der Waals surface area contributed by atoms with Crippen molar-refractivity contribution >= 4 is 28.9 Å². The number of phenols is 1. The van der Waals surface area contributed by atoms with Gasteiger partial charge in [0.25, 0.3) is 0 Å². The van der Waals surface area contributed by atoms with Gasteiger partial charge in [-0.1, -0.05) is 63.2 Å². The highest BCUT2D eigenvalue weighted by Gasteiger charge is 2.39. The zero-order valence-corrected chi connectivity index (χ0v) is 38.9. The normalized spacial score (nSPS) is 21.1. The second kappa shape index (κ2) is 21.3. The van der Waals surface area contributed by atoms with Gasteiger partial charge in [-0.05, 0) is 169 Å². The number of nitrogens with one attached hydrogen (secondary N) is 2. The molecule has 13 nitrogen and oxygen atoms in total. The molecule has 64 heavy (non-hydrogen) atoms. The molecule has 13 heteroatoms. The number of anilines is 1. The molecule has 0 bridgehead atoms. The summed E-state index contributed by atoms with van der Waals surface area (Å²) in [4.78, 5) is 45.3. The molecule has 4 aromatic rings. The molecule has 2 unspecified atom stereocenters. The van der Waals surface area contributed by atoms with Crippen LogP contribution in [0.4, 0.5) is 15.3 Å². The molecule has 0 aliphatic carbocycles. The van der Waals surface area contributed by atoms with Crippen molar-refractivity contribution in [2.24, 2.45) is 5.41 Å². The zero-order chi connectivity index (χ0) is 45.4. The molecule has 4 fully saturated rings. The van der Waals surface area contributed by atoms with Crippen molar-refractivity contribution in [2.45, 2.75) is 121 Å². The number of nitrogens with zero attached hydrogens (tertiary/aromatic N) is 5. The Hall–Kier alpha value is -5.01. The number of fused-ring (bicyclic) bond motifs is 1. The number of urea groups is 1. The fraction of sp³-hybridized carbons (Fsp3) is 0.588. The lowest BCUT2D eigenvalue weighted by Crippen LogP contribution is -2.54. The fourth-order valence-corrected chi connectivity index (χ4v) is 10.3. The summed E-state index contributed by atoms with van der Waals surface area (Å²) in [6.45, 7) is 13.4. The molecule has 3 aromatic carbocycles. The average Bonchev–Trinajstić information content (AvgIpc) is 3.62. The number of oxazole rings is 1. The van der Waals surface area contributed by atoms with Gasteiger partial charge in [0.15, 0.2) is 5.58 Å². The van der Waals surface area contributed by atoms with E-state index in [9.17, 15) is 19.5 Å². The summed E-state index contributed by atoms with van der Waals surface area (Å²) >= 11 is 0. The van der Waals surface area contributed by atoms with Gasteiger partial charge < -0.3 is 44.9 Å². The molecule has 3 amide bonds. The number of hydrogen-bond donors (Lipinski definition) is 4. The molecule has 4 N–H and O–H groups in total. The topological polar surface area (TPSA) is 147 Å². The van der Waals surface area contributed by atoms with Crippen molar-refractivity contribution < 1.29 is 24.2 Å². The molecule has 1 aromatic heterocycles. The van der Waals surface area contributed by atoms with Crippen LogP contribution in [0, 0.1) is 5.41 Å². The number of carbonyl (C=O) groups is 2. The van der Waals surface area contributed by atoms with Crippen molar-refractivity contribution in [2.75, 3.05) is 71.8 Å². The number of aryl methyl sites for hydroxylation is 1. The summed E-state index contributed by atoms with van der Waals surface area (Å²) in [6, 6.07) is 23.5. The van der Waals surface area contributed by atoms with Gasteiger partial charge in [-0.3, -0.25) is 4.57 Å². The van der Waals surface area contributed by atoms with Crippen LogP contribution in [-0.2, 0) is 6.42 Å². The molecule has 0 saturated carbocycles. The van der Waals surface area contributed by atoms with Gasteiger partial charge in [0.1, 0.15) is 5.75 Å². The second-order valence-electron chi connectivity index (χ2n) is 20.0. The molecular weight excluding hydrogens is 807 g/mol. The summed E-state index contributed by atoms with van der Waals surface area (Å²) in [6.07, 6.45) is 9.77. The largest absolute Gasteiger partial charge is 0.506 e. The number of carbonyl (C=O) groups excluding carboxylic acids is 1. The van der Waals surface area contributed by atoms with Gasteiger partial charge in [-0.15, -0.1) is 0 Å². The number of phenolic OH excluding ortho intramolecular Hbond substituents is 1. The number of carboxylic acid groups (broad SMARTS) is 1. The van der Waals surface area contributed by atoms with Crippen molar-refractivity contribution in [3.05, 3.63) is 94.0 Å². The highest BCUT2D eigenvalue weighted by Crippen LogP contribution is 2.40. The number of unbranched alkanes of at least 4 members (excludes halogenated alkanes) is 1. The van der Waals surface area contributed by atoms with Gasteiger partial charge >= 0.3 is 17.9 Å². The number of rotatable bonds is 10. The Balaban J connectivity index is 0.000000217. The minimum absolute atomic E-state index is 0.0442. The number of aromatic nitrogens is 1. The maximum absolute atomic E-state index is 13.3.